The molecule has 0 radical (unpaired) electrons. The van der Waals surface area contributed by atoms with Crippen LogP contribution in [0, 0.1) is 46.9 Å². The van der Waals surface area contributed by atoms with E-state index in [0.29, 0.717) is 22.8 Å². The molecule has 174 valence electrons. The van der Waals surface area contributed by atoms with E-state index >= 15 is 0 Å². The van der Waals surface area contributed by atoms with Gasteiger partial charge in [0, 0.05) is 17.9 Å². The Morgan fingerprint density at radius 1 is 0.600 bits per heavy atom. The molecule has 4 atom stereocenters. The number of hydrogen-bond acceptors (Lipinski definition) is 2. The van der Waals surface area contributed by atoms with Gasteiger partial charge in [0.05, 0.1) is 17.5 Å². The lowest BCUT2D eigenvalue weighted by Gasteiger charge is -2.21. The fraction of sp³-hybridized carbons (Fsp3) is 0.143. The van der Waals surface area contributed by atoms with E-state index < -0.39 is 58.8 Å². The first kappa shape index (κ1) is 21.5. The number of halogens is 4. The minimum absolute atomic E-state index is 0.130. The van der Waals surface area contributed by atoms with Gasteiger partial charge in [-0.15, -0.1) is 0 Å². The topological polar surface area (TPSA) is 37.4 Å². The largest absolute Gasteiger partial charge is 0.274 e. The Hall–Kier alpha value is -4.00. The van der Waals surface area contributed by atoms with Gasteiger partial charge in [-0.25, -0.2) is 22.5 Å². The lowest BCUT2D eigenvalue weighted by atomic mass is 9.85. The number of anilines is 1. The number of amides is 2. The molecule has 0 spiro atoms. The second kappa shape index (κ2) is 7.77. The first-order valence-corrected chi connectivity index (χ1v) is 11.1. The number of benzene rings is 3. The molecular weight excluding hydrogens is 458 g/mol. The number of imide groups is 1. The van der Waals surface area contributed by atoms with Crippen molar-refractivity contribution in [1.29, 1.82) is 0 Å². The van der Waals surface area contributed by atoms with E-state index in [1.165, 1.54) is 24.3 Å². The van der Waals surface area contributed by atoms with Gasteiger partial charge in [0.25, 0.3) is 0 Å². The van der Waals surface area contributed by atoms with Gasteiger partial charge < -0.3 is 0 Å². The Morgan fingerprint density at radius 3 is 1.46 bits per heavy atom. The maximum absolute atomic E-state index is 13.8. The minimum Gasteiger partial charge on any atom is -0.274 e. The van der Waals surface area contributed by atoms with Gasteiger partial charge in [-0.3, -0.25) is 9.59 Å². The molecule has 2 aliphatic carbocycles. The summed E-state index contributed by atoms with van der Waals surface area (Å²) in [4.78, 5) is 27.8. The summed E-state index contributed by atoms with van der Waals surface area (Å²) in [6.45, 7) is 0. The smallest absolute Gasteiger partial charge is 0.238 e. The van der Waals surface area contributed by atoms with Crippen LogP contribution in [0.15, 0.2) is 84.5 Å². The van der Waals surface area contributed by atoms with E-state index in [4.69, 9.17) is 0 Å². The minimum atomic E-state index is -0.880. The highest BCUT2D eigenvalue weighted by atomic mass is 19.1. The Balaban J connectivity index is 1.49. The number of allylic oxidation sites excluding steroid dienone is 3. The van der Waals surface area contributed by atoms with Crippen LogP contribution in [0.2, 0.25) is 0 Å². The van der Waals surface area contributed by atoms with Crippen molar-refractivity contribution in [3.05, 3.63) is 119 Å². The Morgan fingerprint density at radius 2 is 1.03 bits per heavy atom. The molecule has 1 saturated carbocycles. The van der Waals surface area contributed by atoms with E-state index in [2.05, 4.69) is 0 Å². The summed E-state index contributed by atoms with van der Waals surface area (Å²) in [6, 6.07) is 14.3. The van der Waals surface area contributed by atoms with Crippen molar-refractivity contribution in [2.45, 2.75) is 0 Å². The predicted octanol–water partition coefficient (Wildman–Crippen LogP) is 5.67. The van der Waals surface area contributed by atoms with Crippen LogP contribution in [0.25, 0.3) is 5.57 Å². The van der Waals surface area contributed by atoms with Gasteiger partial charge in [0.2, 0.25) is 11.8 Å². The van der Waals surface area contributed by atoms with Gasteiger partial charge in [0.15, 0.2) is 0 Å². The molecule has 3 aromatic rings. The molecule has 0 unspecified atom stereocenters. The summed E-state index contributed by atoms with van der Waals surface area (Å²) in [7, 11) is 0. The second-order valence-electron chi connectivity index (χ2n) is 8.97. The molecular formula is C28H17F4NO2. The number of hydrogen-bond donors (Lipinski definition) is 0. The van der Waals surface area contributed by atoms with Crippen LogP contribution in [0.1, 0.15) is 11.1 Å². The Bertz CT molecular complexity index is 1340. The fourth-order valence-corrected chi connectivity index (χ4v) is 5.75. The van der Waals surface area contributed by atoms with Crippen molar-refractivity contribution in [2.75, 3.05) is 4.90 Å². The highest BCUT2D eigenvalue weighted by Crippen LogP contribution is 2.58. The molecule has 2 fully saturated rings. The zero-order chi connectivity index (χ0) is 24.4. The average molecular weight is 475 g/mol. The van der Waals surface area contributed by atoms with Crippen LogP contribution in [-0.2, 0) is 9.59 Å². The Kier molecular flexibility index (Phi) is 4.78. The molecule has 1 heterocycles. The number of fused-ring (bicyclic) bond motifs is 5. The number of carbonyl (C=O) groups is 2. The normalized spacial score (nSPS) is 24.5. The molecule has 6 rings (SSSR count). The first-order chi connectivity index (χ1) is 16.8. The monoisotopic (exact) mass is 475 g/mol. The van der Waals surface area contributed by atoms with Crippen molar-refractivity contribution >= 4 is 23.1 Å². The summed E-state index contributed by atoms with van der Waals surface area (Å²) in [6.07, 6.45) is 3.74. The van der Waals surface area contributed by atoms with Crippen molar-refractivity contribution in [3.8, 4) is 0 Å². The van der Waals surface area contributed by atoms with Crippen LogP contribution < -0.4 is 4.90 Å². The summed E-state index contributed by atoms with van der Waals surface area (Å²) < 4.78 is 55.0. The Labute approximate surface area is 198 Å². The van der Waals surface area contributed by atoms with E-state index in [0.717, 1.165) is 22.6 Å². The van der Waals surface area contributed by atoms with E-state index in [-0.39, 0.29) is 5.69 Å². The molecule has 1 saturated heterocycles. The highest BCUT2D eigenvalue weighted by Gasteiger charge is 2.62. The lowest BCUT2D eigenvalue weighted by molar-refractivity contribution is -0.122. The summed E-state index contributed by atoms with van der Waals surface area (Å²) >= 11 is 0. The molecule has 3 nitrogen and oxygen atoms in total. The van der Waals surface area contributed by atoms with Crippen molar-refractivity contribution in [3.63, 3.8) is 0 Å². The van der Waals surface area contributed by atoms with Gasteiger partial charge in [-0.05, 0) is 58.7 Å². The van der Waals surface area contributed by atoms with Crippen LogP contribution in [0.4, 0.5) is 23.2 Å². The van der Waals surface area contributed by atoms with Gasteiger partial charge in [0.1, 0.15) is 23.3 Å². The molecule has 35 heavy (non-hydrogen) atoms. The van der Waals surface area contributed by atoms with Crippen molar-refractivity contribution in [1.82, 2.24) is 0 Å². The highest BCUT2D eigenvalue weighted by molar-refractivity contribution is 6.23. The molecule has 0 N–H and O–H groups in total. The molecule has 1 aliphatic heterocycles. The summed E-state index contributed by atoms with van der Waals surface area (Å²) in [5.74, 6) is -5.94. The number of carbonyl (C=O) groups excluding carboxylic acids is 2. The van der Waals surface area contributed by atoms with Gasteiger partial charge in [-0.2, -0.15) is 0 Å². The van der Waals surface area contributed by atoms with Crippen molar-refractivity contribution < 1.29 is 27.2 Å². The summed E-state index contributed by atoms with van der Waals surface area (Å²) in [5.41, 5.74) is 2.76. The summed E-state index contributed by atoms with van der Waals surface area (Å²) in [5, 5.41) is 0. The quantitative estimate of drug-likeness (QED) is 0.278. The van der Waals surface area contributed by atoms with Gasteiger partial charge >= 0.3 is 0 Å². The number of nitrogens with zero attached hydrogens (tertiary/aromatic N) is 1. The molecule has 2 bridgehead atoms. The molecule has 2 amide bonds. The van der Waals surface area contributed by atoms with E-state index in [9.17, 15) is 27.2 Å². The van der Waals surface area contributed by atoms with E-state index in [1.807, 2.05) is 12.2 Å². The SMILES string of the molecule is O=C1[C@@H]2[C@@H](C(=O)N1c1cc(F)cc(F)c1)[C@H]1C=C[C@H]2C1=C(c1ccc(F)cc1)c1ccc(F)cc1. The zero-order valence-corrected chi connectivity index (χ0v) is 18.1. The lowest BCUT2D eigenvalue weighted by Crippen LogP contribution is -2.33. The third kappa shape index (κ3) is 3.26. The molecule has 0 aromatic heterocycles. The van der Waals surface area contributed by atoms with E-state index in [1.54, 1.807) is 24.3 Å². The van der Waals surface area contributed by atoms with Crippen LogP contribution in [-0.4, -0.2) is 11.8 Å². The third-order valence-electron chi connectivity index (χ3n) is 7.08. The predicted molar refractivity (Wildman–Crippen MR) is 121 cm³/mol. The van der Waals surface area contributed by atoms with Crippen LogP contribution in [0.5, 0.6) is 0 Å². The first-order valence-electron chi connectivity index (χ1n) is 11.1. The van der Waals surface area contributed by atoms with Gasteiger partial charge in [-0.1, -0.05) is 36.4 Å². The average Bonchev–Trinajstić information content (AvgIpc) is 3.45. The fourth-order valence-electron chi connectivity index (χ4n) is 5.75. The standard InChI is InChI=1S/C28H17F4NO2/c29-16-5-1-14(2-6-16)23(15-3-7-17(30)8-4-15)24-21-9-10-22(24)26-25(21)27(34)33(28(26)35)20-12-18(31)11-19(32)13-20/h1-13,21-22,25-26H/t21-,22-,25-,26-/m0/s1. The van der Waals surface area contributed by atoms with Crippen LogP contribution in [0.3, 0.4) is 0 Å². The number of rotatable bonds is 3. The van der Waals surface area contributed by atoms with Crippen LogP contribution >= 0.6 is 0 Å². The maximum atomic E-state index is 13.8. The molecule has 3 aromatic carbocycles. The second-order valence-corrected chi connectivity index (χ2v) is 8.97. The molecule has 7 heteroatoms. The third-order valence-corrected chi connectivity index (χ3v) is 7.08. The van der Waals surface area contributed by atoms with Crippen molar-refractivity contribution in [2.24, 2.45) is 23.7 Å². The zero-order valence-electron chi connectivity index (χ0n) is 18.1. The maximum Gasteiger partial charge on any atom is 0.238 e. The molecule has 3 aliphatic rings.